The van der Waals surface area contributed by atoms with E-state index in [4.69, 9.17) is 11.6 Å². The number of benzene rings is 1. The zero-order chi connectivity index (χ0) is 14.0. The Morgan fingerprint density at radius 1 is 1.58 bits per heavy atom. The number of halogens is 2. The normalized spacial score (nSPS) is 19.6. The summed E-state index contributed by atoms with van der Waals surface area (Å²) in [5, 5.41) is 9.32. The molecule has 1 saturated heterocycles. The van der Waals surface area contributed by atoms with Crippen LogP contribution in [0.2, 0.25) is 5.02 Å². The van der Waals surface area contributed by atoms with Crippen molar-refractivity contribution in [2.45, 2.75) is 19.8 Å². The predicted octanol–water partition coefficient (Wildman–Crippen LogP) is 2.63. The van der Waals surface area contributed by atoms with E-state index >= 15 is 0 Å². The summed E-state index contributed by atoms with van der Waals surface area (Å²) in [5.41, 5.74) is 0.739. The molecular formula is C14H17ClFNO2. The Bertz CT molecular complexity index is 493. The van der Waals surface area contributed by atoms with Gasteiger partial charge in [0.25, 0.3) is 5.91 Å². The maximum absolute atomic E-state index is 13.3. The first-order valence-corrected chi connectivity index (χ1v) is 6.76. The minimum Gasteiger partial charge on any atom is -0.396 e. The second kappa shape index (κ2) is 5.88. The van der Waals surface area contributed by atoms with E-state index in [1.807, 2.05) is 0 Å². The summed E-state index contributed by atoms with van der Waals surface area (Å²) in [6.07, 6.45) is 1.80. The first-order chi connectivity index (χ1) is 9.02. The van der Waals surface area contributed by atoms with Crippen LogP contribution in [0.25, 0.3) is 0 Å². The van der Waals surface area contributed by atoms with Gasteiger partial charge in [0.15, 0.2) is 0 Å². The number of amides is 1. The molecule has 0 bridgehead atoms. The highest BCUT2D eigenvalue weighted by Gasteiger charge is 2.25. The maximum atomic E-state index is 13.3. The van der Waals surface area contributed by atoms with Crippen molar-refractivity contribution < 1.29 is 14.3 Å². The first-order valence-electron chi connectivity index (χ1n) is 6.38. The second-order valence-electron chi connectivity index (χ2n) is 5.02. The van der Waals surface area contributed by atoms with Crippen LogP contribution in [0.5, 0.6) is 0 Å². The number of carbonyl (C=O) groups is 1. The zero-order valence-corrected chi connectivity index (χ0v) is 11.6. The molecule has 2 rings (SSSR count). The van der Waals surface area contributed by atoms with Crippen molar-refractivity contribution >= 4 is 17.5 Å². The molecule has 1 aromatic carbocycles. The minimum absolute atomic E-state index is 0.0833. The Labute approximate surface area is 117 Å². The lowest BCUT2D eigenvalue weighted by molar-refractivity contribution is 0.0621. The van der Waals surface area contributed by atoms with Gasteiger partial charge in [-0.25, -0.2) is 4.39 Å². The molecule has 0 saturated carbocycles. The summed E-state index contributed by atoms with van der Waals surface area (Å²) in [5.74, 6) is -0.474. The van der Waals surface area contributed by atoms with Crippen LogP contribution in [-0.4, -0.2) is 35.6 Å². The molecule has 0 aliphatic carbocycles. The first kappa shape index (κ1) is 14.3. The van der Waals surface area contributed by atoms with Crippen molar-refractivity contribution in [3.63, 3.8) is 0 Å². The van der Waals surface area contributed by atoms with Crippen LogP contribution in [0.1, 0.15) is 28.8 Å². The van der Waals surface area contributed by atoms with Crippen LogP contribution in [0.3, 0.4) is 0 Å². The van der Waals surface area contributed by atoms with Crippen molar-refractivity contribution in [2.24, 2.45) is 5.92 Å². The molecule has 1 heterocycles. The zero-order valence-electron chi connectivity index (χ0n) is 10.8. The molecule has 104 valence electrons. The fraction of sp³-hybridized carbons (Fsp3) is 0.500. The van der Waals surface area contributed by atoms with Gasteiger partial charge in [0, 0.05) is 19.7 Å². The average molecular weight is 286 g/mol. The average Bonchev–Trinajstić information content (AvgIpc) is 2.42. The number of nitrogens with zero attached hydrogens (tertiary/aromatic N) is 1. The van der Waals surface area contributed by atoms with Gasteiger partial charge in [-0.3, -0.25) is 4.79 Å². The Morgan fingerprint density at radius 3 is 3.00 bits per heavy atom. The number of hydrogen-bond acceptors (Lipinski definition) is 2. The molecule has 1 amide bonds. The Kier molecular flexibility index (Phi) is 4.42. The lowest BCUT2D eigenvalue weighted by Gasteiger charge is -2.32. The summed E-state index contributed by atoms with van der Waals surface area (Å²) < 4.78 is 13.3. The van der Waals surface area contributed by atoms with Crippen molar-refractivity contribution in [3.05, 3.63) is 34.1 Å². The van der Waals surface area contributed by atoms with Gasteiger partial charge < -0.3 is 10.0 Å². The topological polar surface area (TPSA) is 40.5 Å². The number of aliphatic hydroxyl groups is 1. The molecule has 1 fully saturated rings. The standard InChI is InChI=1S/C14H17ClFNO2/c1-9-5-11(12(15)6-13(9)16)14(19)17-4-2-3-10(7-17)8-18/h5-6,10,18H,2-4,7-8H2,1H3. The van der Waals surface area contributed by atoms with E-state index in [0.29, 0.717) is 24.2 Å². The number of piperidine rings is 1. The monoisotopic (exact) mass is 285 g/mol. The molecule has 1 atom stereocenters. The van der Waals surface area contributed by atoms with Gasteiger partial charge in [0.2, 0.25) is 0 Å². The van der Waals surface area contributed by atoms with E-state index in [-0.39, 0.29) is 23.5 Å². The number of hydrogen-bond donors (Lipinski definition) is 1. The van der Waals surface area contributed by atoms with Crippen LogP contribution >= 0.6 is 11.6 Å². The van der Waals surface area contributed by atoms with E-state index in [2.05, 4.69) is 0 Å². The van der Waals surface area contributed by atoms with Gasteiger partial charge in [-0.2, -0.15) is 0 Å². The highest BCUT2D eigenvalue weighted by Crippen LogP contribution is 2.24. The van der Waals surface area contributed by atoms with E-state index in [9.17, 15) is 14.3 Å². The maximum Gasteiger partial charge on any atom is 0.255 e. The number of aryl methyl sites for hydroxylation is 1. The molecule has 0 aromatic heterocycles. The van der Waals surface area contributed by atoms with Crippen LogP contribution in [-0.2, 0) is 0 Å². The Morgan fingerprint density at radius 2 is 2.32 bits per heavy atom. The van der Waals surface area contributed by atoms with Crippen LogP contribution in [0.4, 0.5) is 4.39 Å². The van der Waals surface area contributed by atoms with Crippen molar-refractivity contribution in [2.75, 3.05) is 19.7 Å². The van der Waals surface area contributed by atoms with E-state index < -0.39 is 5.82 Å². The fourth-order valence-corrected chi connectivity index (χ4v) is 2.62. The third-order valence-electron chi connectivity index (χ3n) is 3.54. The van der Waals surface area contributed by atoms with E-state index in [1.54, 1.807) is 11.8 Å². The minimum atomic E-state index is -0.409. The van der Waals surface area contributed by atoms with Gasteiger partial charge >= 0.3 is 0 Å². The Balaban J connectivity index is 2.22. The van der Waals surface area contributed by atoms with Gasteiger partial charge in [0.1, 0.15) is 5.82 Å². The van der Waals surface area contributed by atoms with Crippen molar-refractivity contribution in [3.8, 4) is 0 Å². The molecule has 1 unspecified atom stereocenters. The van der Waals surface area contributed by atoms with Crippen molar-refractivity contribution in [1.82, 2.24) is 4.90 Å². The molecule has 0 radical (unpaired) electrons. The third-order valence-corrected chi connectivity index (χ3v) is 3.86. The smallest absolute Gasteiger partial charge is 0.255 e. The molecule has 1 aliphatic heterocycles. The van der Waals surface area contributed by atoms with E-state index in [1.165, 1.54) is 12.1 Å². The summed E-state index contributed by atoms with van der Waals surface area (Å²) in [6.45, 7) is 2.87. The summed E-state index contributed by atoms with van der Waals surface area (Å²) >= 11 is 5.95. The molecule has 0 spiro atoms. The molecule has 3 nitrogen and oxygen atoms in total. The van der Waals surface area contributed by atoms with Crippen LogP contribution in [0.15, 0.2) is 12.1 Å². The number of likely N-dealkylation sites (tertiary alicyclic amines) is 1. The SMILES string of the molecule is Cc1cc(C(=O)N2CCCC(CO)C2)c(Cl)cc1F. The van der Waals surface area contributed by atoms with Crippen LogP contribution < -0.4 is 0 Å². The number of rotatable bonds is 2. The highest BCUT2D eigenvalue weighted by molar-refractivity contribution is 6.33. The number of aliphatic hydroxyl groups excluding tert-OH is 1. The molecule has 5 heteroatoms. The van der Waals surface area contributed by atoms with Gasteiger partial charge in [-0.15, -0.1) is 0 Å². The number of carbonyl (C=O) groups excluding carboxylic acids is 1. The molecule has 1 aromatic rings. The Hall–Kier alpha value is -1.13. The molecule has 19 heavy (non-hydrogen) atoms. The van der Waals surface area contributed by atoms with Gasteiger partial charge in [-0.05, 0) is 43.4 Å². The fourth-order valence-electron chi connectivity index (χ4n) is 2.39. The summed E-state index contributed by atoms with van der Waals surface area (Å²) in [6, 6.07) is 2.67. The summed E-state index contributed by atoms with van der Waals surface area (Å²) in [4.78, 5) is 14.1. The highest BCUT2D eigenvalue weighted by atomic mass is 35.5. The van der Waals surface area contributed by atoms with Gasteiger partial charge in [-0.1, -0.05) is 11.6 Å². The molecule has 1 aliphatic rings. The molecule has 1 N–H and O–H groups in total. The largest absolute Gasteiger partial charge is 0.396 e. The summed E-state index contributed by atoms with van der Waals surface area (Å²) in [7, 11) is 0. The van der Waals surface area contributed by atoms with Crippen LogP contribution in [0, 0.1) is 18.7 Å². The second-order valence-corrected chi connectivity index (χ2v) is 5.43. The van der Waals surface area contributed by atoms with E-state index in [0.717, 1.165) is 12.8 Å². The molecular weight excluding hydrogens is 269 g/mol. The third kappa shape index (κ3) is 3.07. The van der Waals surface area contributed by atoms with Crippen molar-refractivity contribution in [1.29, 1.82) is 0 Å². The quantitative estimate of drug-likeness (QED) is 0.907. The predicted molar refractivity (Wildman–Crippen MR) is 71.9 cm³/mol. The lowest BCUT2D eigenvalue weighted by atomic mass is 9.98. The van der Waals surface area contributed by atoms with Gasteiger partial charge in [0.05, 0.1) is 10.6 Å². The lowest BCUT2D eigenvalue weighted by Crippen LogP contribution is -2.41.